The van der Waals surface area contributed by atoms with Crippen LogP contribution in [0, 0.1) is 0 Å². The molecule has 0 radical (unpaired) electrons. The summed E-state index contributed by atoms with van der Waals surface area (Å²) in [4.78, 5) is 37.8. The van der Waals surface area contributed by atoms with Crippen molar-refractivity contribution in [2.75, 3.05) is 0 Å². The van der Waals surface area contributed by atoms with Crippen molar-refractivity contribution in [3.63, 3.8) is 0 Å². The molecule has 0 bridgehead atoms. The number of allylic oxidation sites excluding steroid dienone is 1. The zero-order valence-corrected chi connectivity index (χ0v) is 15.2. The Bertz CT molecular complexity index is 836. The number of carbonyl (C=O) groups excluding carboxylic acids is 2. The summed E-state index contributed by atoms with van der Waals surface area (Å²) in [6.45, 7) is 1.77. The third-order valence-corrected chi connectivity index (χ3v) is 5.63. The molecule has 1 unspecified atom stereocenters. The SMILES string of the molecule is C/C=C/C1=CS[C@H]2[C@H](NC(=O)[C@@H](N)c3ccc(O)cc3)C(=O)N2C1C(=O)O. The number of amides is 2. The molecule has 1 saturated heterocycles. The van der Waals surface area contributed by atoms with Crippen LogP contribution in [-0.4, -0.2) is 50.4 Å². The first-order valence-electron chi connectivity index (χ1n) is 8.23. The van der Waals surface area contributed by atoms with Crippen LogP contribution in [0.1, 0.15) is 18.5 Å². The van der Waals surface area contributed by atoms with Crippen LogP contribution >= 0.6 is 11.8 Å². The lowest BCUT2D eigenvalue weighted by molar-refractivity contribution is -0.160. The highest BCUT2D eigenvalue weighted by Gasteiger charge is 2.55. The second kappa shape index (κ2) is 7.45. The Balaban J connectivity index is 1.73. The molecule has 3 rings (SSSR count). The van der Waals surface area contributed by atoms with Crippen molar-refractivity contribution in [3.8, 4) is 5.75 Å². The monoisotopic (exact) mass is 389 g/mol. The highest BCUT2D eigenvalue weighted by molar-refractivity contribution is 8.03. The third-order valence-electron chi connectivity index (χ3n) is 4.44. The average molecular weight is 389 g/mol. The predicted molar refractivity (Wildman–Crippen MR) is 99.5 cm³/mol. The second-order valence-electron chi connectivity index (χ2n) is 6.19. The van der Waals surface area contributed by atoms with Gasteiger partial charge in [-0.1, -0.05) is 24.3 Å². The van der Waals surface area contributed by atoms with Crippen LogP contribution in [0.4, 0.5) is 0 Å². The van der Waals surface area contributed by atoms with Crippen LogP contribution in [0.2, 0.25) is 0 Å². The first-order chi connectivity index (χ1) is 12.8. The molecular weight excluding hydrogens is 370 g/mol. The lowest BCUT2D eigenvalue weighted by Crippen LogP contribution is -2.74. The molecule has 27 heavy (non-hydrogen) atoms. The molecule has 0 aromatic heterocycles. The van der Waals surface area contributed by atoms with Gasteiger partial charge in [-0.2, -0.15) is 0 Å². The summed E-state index contributed by atoms with van der Waals surface area (Å²) in [7, 11) is 0. The number of nitrogens with zero attached hydrogens (tertiary/aromatic N) is 1. The number of carbonyl (C=O) groups is 3. The fourth-order valence-corrected chi connectivity index (χ4v) is 4.27. The number of thioether (sulfide) groups is 1. The van der Waals surface area contributed by atoms with Crippen molar-refractivity contribution in [3.05, 3.63) is 53.0 Å². The number of nitrogens with one attached hydrogen (secondary N) is 1. The quantitative estimate of drug-likeness (QED) is 0.545. The van der Waals surface area contributed by atoms with Crippen molar-refractivity contribution in [2.24, 2.45) is 5.73 Å². The summed E-state index contributed by atoms with van der Waals surface area (Å²) in [6, 6.07) is 2.97. The largest absolute Gasteiger partial charge is 0.508 e. The van der Waals surface area contributed by atoms with E-state index in [2.05, 4.69) is 5.32 Å². The van der Waals surface area contributed by atoms with Gasteiger partial charge in [0.25, 0.3) is 0 Å². The van der Waals surface area contributed by atoms with E-state index in [-0.39, 0.29) is 5.75 Å². The van der Waals surface area contributed by atoms with E-state index in [1.807, 2.05) is 0 Å². The Morgan fingerprint density at radius 2 is 2.00 bits per heavy atom. The predicted octanol–water partition coefficient (Wildman–Crippen LogP) is 0.705. The minimum atomic E-state index is -1.12. The third kappa shape index (κ3) is 3.43. The normalized spacial score (nSPS) is 25.4. The number of aromatic hydroxyl groups is 1. The minimum Gasteiger partial charge on any atom is -0.508 e. The number of hydrogen-bond donors (Lipinski definition) is 4. The number of carboxylic acids is 1. The molecule has 1 aromatic rings. The Morgan fingerprint density at radius 1 is 1.33 bits per heavy atom. The number of carboxylic acid groups (broad SMARTS) is 1. The van der Waals surface area contributed by atoms with Gasteiger partial charge in [-0.15, -0.1) is 11.8 Å². The molecule has 4 atom stereocenters. The van der Waals surface area contributed by atoms with Gasteiger partial charge in [-0.3, -0.25) is 9.59 Å². The first kappa shape index (κ1) is 19.0. The maximum absolute atomic E-state index is 12.5. The van der Waals surface area contributed by atoms with Gasteiger partial charge in [-0.05, 0) is 35.6 Å². The highest BCUT2D eigenvalue weighted by atomic mass is 32.2. The molecule has 2 aliphatic heterocycles. The van der Waals surface area contributed by atoms with E-state index in [0.717, 1.165) is 0 Å². The first-order valence-corrected chi connectivity index (χ1v) is 9.17. The Kier molecular flexibility index (Phi) is 5.24. The number of rotatable bonds is 5. The second-order valence-corrected chi connectivity index (χ2v) is 7.18. The van der Waals surface area contributed by atoms with Crippen molar-refractivity contribution in [1.82, 2.24) is 10.2 Å². The lowest BCUT2D eigenvalue weighted by atomic mass is 9.97. The van der Waals surface area contributed by atoms with Gasteiger partial charge in [0, 0.05) is 0 Å². The molecule has 9 heteroatoms. The lowest BCUT2D eigenvalue weighted by Gasteiger charge is -2.51. The minimum absolute atomic E-state index is 0.0539. The number of hydrogen-bond acceptors (Lipinski definition) is 6. The van der Waals surface area contributed by atoms with E-state index >= 15 is 0 Å². The van der Waals surface area contributed by atoms with Crippen LogP contribution in [-0.2, 0) is 14.4 Å². The summed E-state index contributed by atoms with van der Waals surface area (Å²) in [5.41, 5.74) is 6.93. The van der Waals surface area contributed by atoms with Crippen molar-refractivity contribution in [2.45, 2.75) is 30.4 Å². The van der Waals surface area contributed by atoms with E-state index in [9.17, 15) is 24.6 Å². The van der Waals surface area contributed by atoms with Crippen LogP contribution in [0.5, 0.6) is 5.75 Å². The van der Waals surface area contributed by atoms with Gasteiger partial charge in [0.1, 0.15) is 23.2 Å². The molecule has 2 heterocycles. The molecule has 0 spiro atoms. The standard InChI is InChI=1S/C18H19N3O5S/c1-2-3-10-8-27-17-13(16(24)21(17)14(10)18(25)26)20-15(23)12(19)9-4-6-11(22)7-5-9/h2-8,12-14,17,22H,19H2,1H3,(H,20,23)(H,25,26)/b3-2+/t12-,13+,14?,17-/m0/s1. The van der Waals surface area contributed by atoms with E-state index in [4.69, 9.17) is 5.73 Å². The summed E-state index contributed by atoms with van der Waals surface area (Å²) >= 11 is 1.29. The van der Waals surface area contributed by atoms with E-state index < -0.39 is 41.3 Å². The fraction of sp³-hybridized carbons (Fsp3) is 0.278. The Labute approximate surface area is 159 Å². The van der Waals surface area contributed by atoms with Gasteiger partial charge < -0.3 is 26.2 Å². The zero-order valence-electron chi connectivity index (χ0n) is 14.4. The van der Waals surface area contributed by atoms with Crippen LogP contribution in [0.25, 0.3) is 0 Å². The molecule has 1 fully saturated rings. The molecule has 0 saturated carbocycles. The van der Waals surface area contributed by atoms with Crippen LogP contribution in [0.15, 0.2) is 47.4 Å². The highest BCUT2D eigenvalue weighted by Crippen LogP contribution is 2.40. The number of nitrogens with two attached hydrogens (primary N) is 1. The molecule has 2 aliphatic rings. The number of fused-ring (bicyclic) bond motifs is 1. The van der Waals surface area contributed by atoms with Gasteiger partial charge in [-0.25, -0.2) is 4.79 Å². The van der Waals surface area contributed by atoms with Gasteiger partial charge >= 0.3 is 5.97 Å². The van der Waals surface area contributed by atoms with E-state index in [0.29, 0.717) is 11.1 Å². The smallest absolute Gasteiger partial charge is 0.331 e. The Hall–Kier alpha value is -2.78. The van der Waals surface area contributed by atoms with Crippen molar-refractivity contribution in [1.29, 1.82) is 0 Å². The van der Waals surface area contributed by atoms with Crippen LogP contribution < -0.4 is 11.1 Å². The summed E-state index contributed by atoms with van der Waals surface area (Å²) in [6.07, 6.45) is 3.37. The number of β-lactam (4-membered cyclic amide) rings is 1. The van der Waals surface area contributed by atoms with Gasteiger partial charge in [0.15, 0.2) is 6.04 Å². The molecule has 0 aliphatic carbocycles. The Morgan fingerprint density at radius 3 is 2.59 bits per heavy atom. The number of benzene rings is 1. The average Bonchev–Trinajstić information content (AvgIpc) is 2.65. The molecule has 1 aromatic carbocycles. The van der Waals surface area contributed by atoms with E-state index in [1.165, 1.54) is 40.9 Å². The summed E-state index contributed by atoms with van der Waals surface area (Å²) in [5.74, 6) is -2.07. The summed E-state index contributed by atoms with van der Waals surface area (Å²) < 4.78 is 0. The number of phenols is 1. The summed E-state index contributed by atoms with van der Waals surface area (Å²) in [5, 5.41) is 22.6. The maximum atomic E-state index is 12.5. The molecule has 2 amide bonds. The number of aliphatic carboxylic acids is 1. The molecule has 8 nitrogen and oxygen atoms in total. The van der Waals surface area contributed by atoms with E-state index in [1.54, 1.807) is 24.5 Å². The van der Waals surface area contributed by atoms with Crippen molar-refractivity contribution < 1.29 is 24.6 Å². The molecular formula is C18H19N3O5S. The van der Waals surface area contributed by atoms with Crippen molar-refractivity contribution >= 4 is 29.5 Å². The maximum Gasteiger partial charge on any atom is 0.331 e. The zero-order chi connectivity index (χ0) is 19.7. The fourth-order valence-electron chi connectivity index (χ4n) is 3.07. The molecule has 142 valence electrons. The van der Waals surface area contributed by atoms with Crippen LogP contribution in [0.3, 0.4) is 0 Å². The van der Waals surface area contributed by atoms with Gasteiger partial charge in [0.05, 0.1) is 0 Å². The van der Waals surface area contributed by atoms with Gasteiger partial charge in [0.2, 0.25) is 11.8 Å². The topological polar surface area (TPSA) is 133 Å². The number of phenolic OH excluding ortho intramolecular Hbond substituents is 1. The molecule has 5 N–H and O–H groups in total.